The van der Waals surface area contributed by atoms with Crippen LogP contribution in [0.2, 0.25) is 0 Å². The Morgan fingerprint density at radius 3 is 2.16 bits per heavy atom. The van der Waals surface area contributed by atoms with Gasteiger partial charge in [0.2, 0.25) is 0 Å². The topological polar surface area (TPSA) is 55.8 Å². The smallest absolute Gasteiger partial charge is 0.325 e. The van der Waals surface area contributed by atoms with Crippen molar-refractivity contribution in [3.63, 3.8) is 0 Å². The average molecular weight is 341 g/mol. The van der Waals surface area contributed by atoms with Crippen molar-refractivity contribution in [2.24, 2.45) is 0 Å². The van der Waals surface area contributed by atoms with Crippen molar-refractivity contribution < 1.29 is 19.1 Å². The van der Waals surface area contributed by atoms with Gasteiger partial charge in [0.1, 0.15) is 18.0 Å². The molecule has 0 heterocycles. The Labute approximate surface area is 148 Å². The first-order valence-corrected chi connectivity index (χ1v) is 8.42. The molecular formula is C20H23NO4. The summed E-state index contributed by atoms with van der Waals surface area (Å²) in [4.78, 5) is 25.8. The second-order valence-electron chi connectivity index (χ2n) is 5.47. The molecular weight excluding hydrogens is 318 g/mol. The molecule has 132 valence electrons. The molecule has 0 fully saturated rings. The van der Waals surface area contributed by atoms with Crippen LogP contribution in [0.5, 0.6) is 11.5 Å². The largest absolute Gasteiger partial charge is 0.465 e. The molecule has 0 aromatic heterocycles. The van der Waals surface area contributed by atoms with Gasteiger partial charge in [-0.3, -0.25) is 9.59 Å². The van der Waals surface area contributed by atoms with Crippen molar-refractivity contribution in [3.8, 4) is 11.5 Å². The molecule has 0 radical (unpaired) electrons. The summed E-state index contributed by atoms with van der Waals surface area (Å²) >= 11 is 0. The Bertz CT molecular complexity index is 683. The van der Waals surface area contributed by atoms with Crippen LogP contribution in [0.1, 0.15) is 30.6 Å². The van der Waals surface area contributed by atoms with E-state index >= 15 is 0 Å². The summed E-state index contributed by atoms with van der Waals surface area (Å²) in [7, 11) is 0. The Balaban J connectivity index is 2.05. The molecule has 2 aromatic rings. The zero-order chi connectivity index (χ0) is 18.1. The van der Waals surface area contributed by atoms with Crippen LogP contribution in [0.15, 0.2) is 54.6 Å². The number of carbonyl (C=O) groups excluding carboxylic acids is 2. The van der Waals surface area contributed by atoms with E-state index < -0.39 is 5.97 Å². The second-order valence-corrected chi connectivity index (χ2v) is 5.47. The summed E-state index contributed by atoms with van der Waals surface area (Å²) in [5.41, 5.74) is 0.512. The standard InChI is InChI=1S/C20H23NO4/c1-3-14-21(15-19(22)24-4-2)20(23)16-10-12-18(13-11-16)25-17-8-6-5-7-9-17/h5-13H,3-4,14-15H2,1-2H3. The average Bonchev–Trinajstić information content (AvgIpc) is 2.62. The molecule has 0 N–H and O–H groups in total. The van der Waals surface area contributed by atoms with Gasteiger partial charge in [0.05, 0.1) is 6.61 Å². The lowest BCUT2D eigenvalue weighted by Crippen LogP contribution is -2.37. The molecule has 1 amide bonds. The van der Waals surface area contributed by atoms with Gasteiger partial charge in [-0.2, -0.15) is 0 Å². The molecule has 0 aliphatic heterocycles. The van der Waals surface area contributed by atoms with E-state index in [-0.39, 0.29) is 12.5 Å². The highest BCUT2D eigenvalue weighted by Gasteiger charge is 2.18. The molecule has 0 atom stereocenters. The number of hydrogen-bond donors (Lipinski definition) is 0. The highest BCUT2D eigenvalue weighted by molar-refractivity contribution is 5.96. The number of hydrogen-bond acceptors (Lipinski definition) is 4. The Hall–Kier alpha value is -2.82. The maximum Gasteiger partial charge on any atom is 0.325 e. The first kappa shape index (κ1) is 18.5. The molecule has 5 nitrogen and oxygen atoms in total. The van der Waals surface area contributed by atoms with Crippen LogP contribution in [-0.2, 0) is 9.53 Å². The Morgan fingerprint density at radius 1 is 0.920 bits per heavy atom. The van der Waals surface area contributed by atoms with Gasteiger partial charge in [0.15, 0.2) is 0 Å². The fourth-order valence-corrected chi connectivity index (χ4v) is 2.36. The molecule has 0 saturated carbocycles. The van der Waals surface area contributed by atoms with Crippen molar-refractivity contribution in [2.45, 2.75) is 20.3 Å². The molecule has 0 saturated heterocycles. The van der Waals surface area contributed by atoms with E-state index in [9.17, 15) is 9.59 Å². The maximum atomic E-state index is 12.6. The summed E-state index contributed by atoms with van der Waals surface area (Å²) < 4.78 is 10.7. The van der Waals surface area contributed by atoms with Crippen LogP contribution in [-0.4, -0.2) is 36.5 Å². The summed E-state index contributed by atoms with van der Waals surface area (Å²) in [6, 6.07) is 16.3. The van der Waals surface area contributed by atoms with E-state index in [1.807, 2.05) is 37.3 Å². The van der Waals surface area contributed by atoms with Gasteiger partial charge in [-0.15, -0.1) is 0 Å². The maximum absolute atomic E-state index is 12.6. The van der Waals surface area contributed by atoms with Gasteiger partial charge >= 0.3 is 5.97 Å². The highest BCUT2D eigenvalue weighted by atomic mass is 16.5. The number of esters is 1. The number of rotatable bonds is 8. The van der Waals surface area contributed by atoms with Crippen molar-refractivity contribution in [2.75, 3.05) is 19.7 Å². The predicted octanol–water partition coefficient (Wildman–Crippen LogP) is 3.89. The molecule has 2 rings (SSSR count). The Morgan fingerprint density at radius 2 is 1.56 bits per heavy atom. The van der Waals surface area contributed by atoms with Gasteiger partial charge < -0.3 is 14.4 Å². The third-order valence-corrected chi connectivity index (χ3v) is 3.49. The van der Waals surface area contributed by atoms with E-state index in [2.05, 4.69) is 0 Å². The fraction of sp³-hybridized carbons (Fsp3) is 0.300. The predicted molar refractivity (Wildman–Crippen MR) is 95.8 cm³/mol. The van der Waals surface area contributed by atoms with E-state index in [1.165, 1.54) is 4.90 Å². The first-order chi connectivity index (χ1) is 12.1. The molecule has 5 heteroatoms. The Kier molecular flexibility index (Phi) is 7.01. The summed E-state index contributed by atoms with van der Waals surface area (Å²) in [5, 5.41) is 0. The summed E-state index contributed by atoms with van der Waals surface area (Å²) in [6.45, 7) is 4.47. The van der Waals surface area contributed by atoms with Crippen molar-refractivity contribution in [1.82, 2.24) is 4.90 Å². The van der Waals surface area contributed by atoms with Gasteiger partial charge in [-0.1, -0.05) is 25.1 Å². The highest BCUT2D eigenvalue weighted by Crippen LogP contribution is 2.21. The quantitative estimate of drug-likeness (QED) is 0.684. The molecule has 0 spiro atoms. The number of ether oxygens (including phenoxy) is 2. The van der Waals surface area contributed by atoms with Gasteiger partial charge in [0.25, 0.3) is 5.91 Å². The lowest BCUT2D eigenvalue weighted by atomic mass is 10.2. The van der Waals surface area contributed by atoms with Crippen LogP contribution in [0.25, 0.3) is 0 Å². The molecule has 25 heavy (non-hydrogen) atoms. The monoisotopic (exact) mass is 341 g/mol. The number of carbonyl (C=O) groups is 2. The molecule has 0 unspecified atom stereocenters. The van der Waals surface area contributed by atoms with Crippen LogP contribution >= 0.6 is 0 Å². The minimum Gasteiger partial charge on any atom is -0.465 e. The van der Waals surface area contributed by atoms with Crippen LogP contribution < -0.4 is 4.74 Å². The van der Waals surface area contributed by atoms with E-state index in [4.69, 9.17) is 9.47 Å². The van der Waals surface area contributed by atoms with Gasteiger partial charge in [-0.05, 0) is 49.7 Å². The van der Waals surface area contributed by atoms with Crippen LogP contribution in [0, 0.1) is 0 Å². The number of amides is 1. The summed E-state index contributed by atoms with van der Waals surface area (Å²) in [5.74, 6) is 0.793. The molecule has 0 aliphatic rings. The van der Waals surface area contributed by atoms with E-state index in [0.717, 1.165) is 12.2 Å². The normalized spacial score (nSPS) is 10.2. The number of para-hydroxylation sites is 1. The van der Waals surface area contributed by atoms with Crippen molar-refractivity contribution >= 4 is 11.9 Å². The second kappa shape index (κ2) is 9.47. The first-order valence-electron chi connectivity index (χ1n) is 8.42. The third kappa shape index (κ3) is 5.64. The van der Waals surface area contributed by atoms with Crippen LogP contribution in [0.4, 0.5) is 0 Å². The molecule has 2 aromatic carbocycles. The van der Waals surface area contributed by atoms with E-state index in [1.54, 1.807) is 31.2 Å². The van der Waals surface area contributed by atoms with E-state index in [0.29, 0.717) is 24.5 Å². The lowest BCUT2D eigenvalue weighted by molar-refractivity contribution is -0.143. The zero-order valence-corrected chi connectivity index (χ0v) is 14.6. The van der Waals surface area contributed by atoms with Crippen LogP contribution in [0.3, 0.4) is 0 Å². The minimum atomic E-state index is -0.395. The van der Waals surface area contributed by atoms with Gasteiger partial charge in [-0.25, -0.2) is 0 Å². The SMILES string of the molecule is CCCN(CC(=O)OCC)C(=O)c1ccc(Oc2ccccc2)cc1. The molecule has 0 aliphatic carbocycles. The fourth-order valence-electron chi connectivity index (χ4n) is 2.36. The van der Waals surface area contributed by atoms with Crippen molar-refractivity contribution in [3.05, 3.63) is 60.2 Å². The lowest BCUT2D eigenvalue weighted by Gasteiger charge is -2.21. The van der Waals surface area contributed by atoms with Gasteiger partial charge in [0, 0.05) is 12.1 Å². The third-order valence-electron chi connectivity index (χ3n) is 3.49. The number of nitrogens with zero attached hydrogens (tertiary/aromatic N) is 1. The minimum absolute atomic E-state index is 0.0389. The summed E-state index contributed by atoms with van der Waals surface area (Å²) in [6.07, 6.45) is 0.764. The van der Waals surface area contributed by atoms with Crippen molar-refractivity contribution in [1.29, 1.82) is 0 Å². The molecule has 0 bridgehead atoms. The number of benzene rings is 2. The zero-order valence-electron chi connectivity index (χ0n) is 14.6.